The predicted molar refractivity (Wildman–Crippen MR) is 74.3 cm³/mol. The number of rotatable bonds is 1. The van der Waals surface area contributed by atoms with Gasteiger partial charge in [-0.05, 0) is 48.4 Å². The lowest BCUT2D eigenvalue weighted by molar-refractivity contribution is 0.358. The largest absolute Gasteiger partial charge is 0.508 e. The van der Waals surface area contributed by atoms with Crippen molar-refractivity contribution in [3.05, 3.63) is 53.1 Å². The molecule has 1 aliphatic heterocycles. The van der Waals surface area contributed by atoms with Crippen LogP contribution in [0.15, 0.2) is 36.4 Å². The quantitative estimate of drug-likeness (QED) is 0.820. The summed E-state index contributed by atoms with van der Waals surface area (Å²) in [7, 11) is 0. The monoisotopic (exact) mass is 254 g/mol. The van der Waals surface area contributed by atoms with Gasteiger partial charge in [0.25, 0.3) is 0 Å². The minimum absolute atomic E-state index is 0.242. The third-order valence-corrected chi connectivity index (χ3v) is 3.33. The van der Waals surface area contributed by atoms with E-state index in [0.717, 1.165) is 28.0 Å². The second-order valence-corrected chi connectivity index (χ2v) is 4.64. The van der Waals surface area contributed by atoms with E-state index in [9.17, 15) is 10.2 Å². The van der Waals surface area contributed by atoms with E-state index < -0.39 is 0 Å². The van der Waals surface area contributed by atoms with Crippen LogP contribution in [0.1, 0.15) is 16.7 Å². The normalized spacial score (nSPS) is 13.4. The average molecular weight is 254 g/mol. The van der Waals surface area contributed by atoms with Crippen LogP contribution < -0.4 is 4.74 Å². The Bertz CT molecular complexity index is 672. The van der Waals surface area contributed by atoms with Crippen LogP contribution in [-0.4, -0.2) is 16.8 Å². The molecule has 96 valence electrons. The number of aromatic hydroxyl groups is 2. The predicted octanol–water partition coefficient (Wildman–Crippen LogP) is 3.34. The minimum atomic E-state index is 0.242. The van der Waals surface area contributed by atoms with Gasteiger partial charge in [-0.2, -0.15) is 0 Å². The fourth-order valence-corrected chi connectivity index (χ4v) is 2.26. The molecule has 2 aromatic carbocycles. The van der Waals surface area contributed by atoms with E-state index in [4.69, 9.17) is 4.74 Å². The van der Waals surface area contributed by atoms with Crippen molar-refractivity contribution in [3.63, 3.8) is 0 Å². The Kier molecular flexibility index (Phi) is 2.67. The van der Waals surface area contributed by atoms with Crippen molar-refractivity contribution in [2.75, 3.05) is 6.61 Å². The van der Waals surface area contributed by atoms with Crippen LogP contribution in [0.2, 0.25) is 0 Å². The van der Waals surface area contributed by atoms with Crippen LogP contribution in [0, 0.1) is 6.92 Å². The van der Waals surface area contributed by atoms with E-state index in [1.165, 1.54) is 0 Å². The smallest absolute Gasteiger partial charge is 0.133 e. The topological polar surface area (TPSA) is 49.7 Å². The van der Waals surface area contributed by atoms with E-state index in [-0.39, 0.29) is 11.5 Å². The molecule has 1 heterocycles. The summed E-state index contributed by atoms with van der Waals surface area (Å²) >= 11 is 0. The first-order valence-corrected chi connectivity index (χ1v) is 6.10. The second kappa shape index (κ2) is 4.35. The summed E-state index contributed by atoms with van der Waals surface area (Å²) < 4.78 is 5.73. The van der Waals surface area contributed by atoms with Gasteiger partial charge < -0.3 is 14.9 Å². The second-order valence-electron chi connectivity index (χ2n) is 4.64. The fourth-order valence-electron chi connectivity index (χ4n) is 2.26. The van der Waals surface area contributed by atoms with Crippen molar-refractivity contribution < 1.29 is 14.9 Å². The van der Waals surface area contributed by atoms with Crippen molar-refractivity contribution in [1.82, 2.24) is 0 Å². The molecule has 3 heteroatoms. The number of hydrogen-bond acceptors (Lipinski definition) is 3. The van der Waals surface area contributed by atoms with E-state index in [1.54, 1.807) is 18.2 Å². The SMILES string of the molecule is Cc1c(O)ccc2c1OCC(c1cccc(O)c1)=C2. The third-order valence-electron chi connectivity index (χ3n) is 3.33. The first kappa shape index (κ1) is 11.7. The third kappa shape index (κ3) is 2.03. The molecule has 0 bridgehead atoms. The summed E-state index contributed by atoms with van der Waals surface area (Å²) in [5, 5.41) is 19.2. The van der Waals surface area contributed by atoms with Crippen molar-refractivity contribution in [2.45, 2.75) is 6.92 Å². The highest BCUT2D eigenvalue weighted by Crippen LogP contribution is 2.37. The molecule has 2 N–H and O–H groups in total. The molecule has 0 saturated heterocycles. The molecular formula is C16H14O3. The summed E-state index contributed by atoms with van der Waals surface area (Å²) in [6.45, 7) is 2.27. The molecule has 3 rings (SSSR count). The van der Waals surface area contributed by atoms with Gasteiger partial charge in [-0.15, -0.1) is 0 Å². The number of phenolic OH excluding ortho intramolecular Hbond substituents is 2. The molecule has 2 aromatic rings. The summed E-state index contributed by atoms with van der Waals surface area (Å²) in [5.74, 6) is 1.21. The Morgan fingerprint density at radius 3 is 2.74 bits per heavy atom. The number of ether oxygens (including phenoxy) is 1. The van der Waals surface area contributed by atoms with E-state index in [1.807, 2.05) is 31.2 Å². The first-order valence-electron chi connectivity index (χ1n) is 6.10. The van der Waals surface area contributed by atoms with Gasteiger partial charge in [0.15, 0.2) is 0 Å². The maximum atomic E-state index is 9.66. The van der Waals surface area contributed by atoms with E-state index >= 15 is 0 Å². The van der Waals surface area contributed by atoms with E-state index in [0.29, 0.717) is 6.61 Å². The van der Waals surface area contributed by atoms with Crippen LogP contribution >= 0.6 is 0 Å². The molecule has 0 atom stereocenters. The van der Waals surface area contributed by atoms with Crippen molar-refractivity contribution in [1.29, 1.82) is 0 Å². The lowest BCUT2D eigenvalue weighted by atomic mass is 9.99. The van der Waals surface area contributed by atoms with Gasteiger partial charge in [-0.25, -0.2) is 0 Å². The fraction of sp³-hybridized carbons (Fsp3) is 0.125. The molecule has 3 nitrogen and oxygen atoms in total. The van der Waals surface area contributed by atoms with Crippen molar-refractivity contribution in [3.8, 4) is 17.2 Å². The summed E-state index contributed by atoms with van der Waals surface area (Å²) in [6.07, 6.45) is 2.03. The zero-order valence-corrected chi connectivity index (χ0v) is 10.6. The number of fused-ring (bicyclic) bond motifs is 1. The maximum Gasteiger partial charge on any atom is 0.133 e. The molecule has 0 spiro atoms. The molecule has 0 aromatic heterocycles. The molecule has 19 heavy (non-hydrogen) atoms. The Labute approximate surface area is 111 Å². The van der Waals surface area contributed by atoms with Gasteiger partial charge >= 0.3 is 0 Å². The molecule has 1 aliphatic rings. The van der Waals surface area contributed by atoms with Crippen LogP contribution in [0.5, 0.6) is 17.2 Å². The highest BCUT2D eigenvalue weighted by atomic mass is 16.5. The van der Waals surface area contributed by atoms with Gasteiger partial charge in [0.05, 0.1) is 0 Å². The molecule has 0 saturated carbocycles. The molecular weight excluding hydrogens is 240 g/mol. The van der Waals surface area contributed by atoms with Crippen LogP contribution in [0.4, 0.5) is 0 Å². The highest BCUT2D eigenvalue weighted by Gasteiger charge is 2.16. The Morgan fingerprint density at radius 2 is 1.95 bits per heavy atom. The Balaban J connectivity index is 2.07. The van der Waals surface area contributed by atoms with Crippen LogP contribution in [0.3, 0.4) is 0 Å². The summed E-state index contributed by atoms with van der Waals surface area (Å²) in [5.41, 5.74) is 3.65. The van der Waals surface area contributed by atoms with Gasteiger partial charge in [0.1, 0.15) is 23.9 Å². The lowest BCUT2D eigenvalue weighted by Gasteiger charge is -2.20. The van der Waals surface area contributed by atoms with Gasteiger partial charge in [-0.1, -0.05) is 12.1 Å². The van der Waals surface area contributed by atoms with E-state index in [2.05, 4.69) is 0 Å². The molecule has 0 amide bonds. The highest BCUT2D eigenvalue weighted by molar-refractivity contribution is 5.86. The first-order chi connectivity index (χ1) is 9.15. The number of phenols is 2. The minimum Gasteiger partial charge on any atom is -0.508 e. The van der Waals surface area contributed by atoms with Crippen molar-refractivity contribution in [2.24, 2.45) is 0 Å². The standard InChI is InChI=1S/C16H14O3/c1-10-15(18)6-5-12-7-13(9-19-16(10)12)11-3-2-4-14(17)8-11/h2-8,17-18H,9H2,1H3. The van der Waals surface area contributed by atoms with Crippen LogP contribution in [-0.2, 0) is 0 Å². The maximum absolute atomic E-state index is 9.66. The summed E-state index contributed by atoms with van der Waals surface area (Å²) in [4.78, 5) is 0. The van der Waals surface area contributed by atoms with Gasteiger partial charge in [0.2, 0.25) is 0 Å². The van der Waals surface area contributed by atoms with Gasteiger partial charge in [-0.3, -0.25) is 0 Å². The molecule has 0 aliphatic carbocycles. The molecule has 0 radical (unpaired) electrons. The molecule has 0 fully saturated rings. The lowest BCUT2D eigenvalue weighted by Crippen LogP contribution is -2.07. The zero-order valence-electron chi connectivity index (χ0n) is 10.6. The number of hydrogen-bond donors (Lipinski definition) is 2. The van der Waals surface area contributed by atoms with Gasteiger partial charge in [0, 0.05) is 11.1 Å². The molecule has 0 unspecified atom stereocenters. The zero-order chi connectivity index (χ0) is 13.4. The summed E-state index contributed by atoms with van der Waals surface area (Å²) in [6, 6.07) is 10.6. The van der Waals surface area contributed by atoms with Crippen molar-refractivity contribution >= 4 is 11.6 Å². The number of benzene rings is 2. The average Bonchev–Trinajstić information content (AvgIpc) is 2.43. The Hall–Kier alpha value is -2.42. The van der Waals surface area contributed by atoms with Crippen LogP contribution in [0.25, 0.3) is 11.6 Å². The Morgan fingerprint density at radius 1 is 1.11 bits per heavy atom.